The molecule has 1 aromatic heterocycles. The SMILES string of the molecule is Cc1cc(C)c2nc(C)cc(NC(=O)c3ccc(C)c(C)c3)c2c1. The molecule has 1 heterocycles. The van der Waals surface area contributed by atoms with E-state index in [-0.39, 0.29) is 5.91 Å². The molecular formula is C21H22N2O. The van der Waals surface area contributed by atoms with Crippen molar-refractivity contribution in [2.24, 2.45) is 0 Å². The molecule has 0 saturated carbocycles. The van der Waals surface area contributed by atoms with E-state index in [1.807, 2.05) is 45.0 Å². The first-order valence-corrected chi connectivity index (χ1v) is 8.12. The lowest BCUT2D eigenvalue weighted by molar-refractivity contribution is 0.102. The Hall–Kier alpha value is -2.68. The van der Waals surface area contributed by atoms with Gasteiger partial charge < -0.3 is 5.32 Å². The fraction of sp³-hybridized carbons (Fsp3) is 0.238. The van der Waals surface area contributed by atoms with Crippen molar-refractivity contribution in [3.8, 4) is 0 Å². The molecule has 0 aliphatic rings. The third kappa shape index (κ3) is 3.02. The minimum atomic E-state index is -0.0934. The average Bonchev–Trinajstić information content (AvgIpc) is 2.51. The maximum Gasteiger partial charge on any atom is 0.255 e. The Morgan fingerprint density at radius 1 is 0.875 bits per heavy atom. The van der Waals surface area contributed by atoms with Crippen LogP contribution in [-0.4, -0.2) is 10.9 Å². The van der Waals surface area contributed by atoms with Crippen molar-refractivity contribution in [3.63, 3.8) is 0 Å². The van der Waals surface area contributed by atoms with E-state index in [2.05, 4.69) is 36.3 Å². The van der Waals surface area contributed by atoms with Crippen molar-refractivity contribution in [3.05, 3.63) is 69.9 Å². The molecule has 122 valence electrons. The van der Waals surface area contributed by atoms with Gasteiger partial charge in [0.25, 0.3) is 5.91 Å². The molecule has 0 aliphatic carbocycles. The van der Waals surface area contributed by atoms with Gasteiger partial charge in [-0.1, -0.05) is 17.7 Å². The molecule has 0 fully saturated rings. The minimum Gasteiger partial charge on any atom is -0.321 e. The van der Waals surface area contributed by atoms with Crippen LogP contribution in [0.2, 0.25) is 0 Å². The zero-order chi connectivity index (χ0) is 17.4. The third-order valence-electron chi connectivity index (χ3n) is 4.39. The second-order valence-corrected chi connectivity index (χ2v) is 6.54. The predicted octanol–water partition coefficient (Wildman–Crippen LogP) is 5.03. The molecule has 3 aromatic rings. The highest BCUT2D eigenvalue weighted by Crippen LogP contribution is 2.27. The van der Waals surface area contributed by atoms with Gasteiger partial charge in [-0.3, -0.25) is 9.78 Å². The number of nitrogens with one attached hydrogen (secondary N) is 1. The standard InChI is InChI=1S/C21H22N2O/c1-12-8-15(4)20-18(9-12)19(11-16(5)22-20)23-21(24)17-7-6-13(2)14(3)10-17/h6-11H,1-5H3,(H,22,23,24). The van der Waals surface area contributed by atoms with E-state index < -0.39 is 0 Å². The molecular weight excluding hydrogens is 296 g/mol. The fourth-order valence-electron chi connectivity index (χ4n) is 2.99. The van der Waals surface area contributed by atoms with E-state index in [1.54, 1.807) is 0 Å². The number of aromatic nitrogens is 1. The molecule has 0 atom stereocenters. The van der Waals surface area contributed by atoms with Gasteiger partial charge in [-0.25, -0.2) is 0 Å². The molecule has 2 aromatic carbocycles. The van der Waals surface area contributed by atoms with Crippen LogP contribution < -0.4 is 5.32 Å². The number of carbonyl (C=O) groups is 1. The average molecular weight is 318 g/mol. The zero-order valence-corrected chi connectivity index (χ0v) is 14.8. The maximum absolute atomic E-state index is 12.7. The van der Waals surface area contributed by atoms with Gasteiger partial charge in [-0.05, 0) is 75.6 Å². The molecule has 3 heteroatoms. The highest BCUT2D eigenvalue weighted by molar-refractivity contribution is 6.09. The van der Waals surface area contributed by atoms with E-state index >= 15 is 0 Å². The third-order valence-corrected chi connectivity index (χ3v) is 4.39. The summed E-state index contributed by atoms with van der Waals surface area (Å²) in [5, 5.41) is 4.05. The van der Waals surface area contributed by atoms with Crippen molar-refractivity contribution in [2.45, 2.75) is 34.6 Å². The lowest BCUT2D eigenvalue weighted by Gasteiger charge is -2.13. The lowest BCUT2D eigenvalue weighted by atomic mass is 10.0. The first-order chi connectivity index (χ1) is 11.3. The van der Waals surface area contributed by atoms with Crippen LogP contribution in [0.1, 0.15) is 38.3 Å². The van der Waals surface area contributed by atoms with Gasteiger partial charge in [0.15, 0.2) is 0 Å². The summed E-state index contributed by atoms with van der Waals surface area (Å²) >= 11 is 0. The van der Waals surface area contributed by atoms with Crippen LogP contribution in [0.5, 0.6) is 0 Å². The van der Waals surface area contributed by atoms with Crippen molar-refractivity contribution in [1.82, 2.24) is 4.98 Å². The highest BCUT2D eigenvalue weighted by Gasteiger charge is 2.12. The number of nitrogens with zero attached hydrogens (tertiary/aromatic N) is 1. The number of pyridine rings is 1. The summed E-state index contributed by atoms with van der Waals surface area (Å²) in [5.41, 5.74) is 7.90. The van der Waals surface area contributed by atoms with Crippen molar-refractivity contribution in [1.29, 1.82) is 0 Å². The summed E-state index contributed by atoms with van der Waals surface area (Å²) in [7, 11) is 0. The van der Waals surface area contributed by atoms with Crippen LogP contribution >= 0.6 is 0 Å². The number of anilines is 1. The summed E-state index contributed by atoms with van der Waals surface area (Å²) in [5.74, 6) is -0.0934. The van der Waals surface area contributed by atoms with Crippen molar-refractivity contribution in [2.75, 3.05) is 5.32 Å². The monoisotopic (exact) mass is 318 g/mol. The topological polar surface area (TPSA) is 42.0 Å². The Labute approximate surface area is 142 Å². The fourth-order valence-corrected chi connectivity index (χ4v) is 2.99. The number of rotatable bonds is 2. The molecule has 1 amide bonds. The number of aryl methyl sites for hydroxylation is 5. The summed E-state index contributed by atoms with van der Waals surface area (Å²) < 4.78 is 0. The molecule has 1 N–H and O–H groups in total. The van der Waals surface area contributed by atoms with Crippen LogP contribution in [0, 0.1) is 34.6 Å². The summed E-state index contributed by atoms with van der Waals surface area (Å²) in [4.78, 5) is 17.3. The van der Waals surface area contributed by atoms with E-state index in [0.29, 0.717) is 5.56 Å². The number of benzene rings is 2. The molecule has 3 rings (SSSR count). The maximum atomic E-state index is 12.7. The largest absolute Gasteiger partial charge is 0.321 e. The molecule has 24 heavy (non-hydrogen) atoms. The van der Waals surface area contributed by atoms with Crippen LogP contribution in [-0.2, 0) is 0 Å². The smallest absolute Gasteiger partial charge is 0.255 e. The number of amides is 1. The van der Waals surface area contributed by atoms with Crippen molar-refractivity contribution >= 4 is 22.5 Å². The van der Waals surface area contributed by atoms with E-state index in [1.165, 1.54) is 5.56 Å². The summed E-state index contributed by atoms with van der Waals surface area (Å²) in [6.45, 7) is 10.1. The normalized spacial score (nSPS) is 10.9. The number of hydrogen-bond donors (Lipinski definition) is 1. The van der Waals surface area contributed by atoms with Gasteiger partial charge in [-0.15, -0.1) is 0 Å². The lowest BCUT2D eigenvalue weighted by Crippen LogP contribution is -2.13. The Morgan fingerprint density at radius 3 is 2.33 bits per heavy atom. The Bertz CT molecular complexity index is 958. The summed E-state index contributed by atoms with van der Waals surface area (Å²) in [6, 6.07) is 11.9. The molecule has 0 unspecified atom stereocenters. The molecule has 0 spiro atoms. The Morgan fingerprint density at radius 2 is 1.62 bits per heavy atom. The predicted molar refractivity (Wildman–Crippen MR) is 99.8 cm³/mol. The number of carbonyl (C=O) groups excluding carboxylic acids is 1. The Kier molecular flexibility index (Phi) is 4.10. The van der Waals surface area contributed by atoms with Gasteiger partial charge in [0.05, 0.1) is 11.2 Å². The van der Waals surface area contributed by atoms with E-state index in [9.17, 15) is 4.79 Å². The van der Waals surface area contributed by atoms with Crippen LogP contribution in [0.15, 0.2) is 36.4 Å². The zero-order valence-electron chi connectivity index (χ0n) is 14.8. The van der Waals surface area contributed by atoms with Gasteiger partial charge >= 0.3 is 0 Å². The minimum absolute atomic E-state index is 0.0934. The second-order valence-electron chi connectivity index (χ2n) is 6.54. The molecule has 0 radical (unpaired) electrons. The number of fused-ring (bicyclic) bond motifs is 1. The van der Waals surface area contributed by atoms with Crippen LogP contribution in [0.3, 0.4) is 0 Å². The van der Waals surface area contributed by atoms with Gasteiger partial charge in [0.2, 0.25) is 0 Å². The second kappa shape index (κ2) is 6.08. The van der Waals surface area contributed by atoms with Crippen LogP contribution in [0.4, 0.5) is 5.69 Å². The first-order valence-electron chi connectivity index (χ1n) is 8.12. The van der Waals surface area contributed by atoms with Gasteiger partial charge in [-0.2, -0.15) is 0 Å². The highest BCUT2D eigenvalue weighted by atomic mass is 16.1. The molecule has 0 bridgehead atoms. The number of hydrogen-bond acceptors (Lipinski definition) is 2. The summed E-state index contributed by atoms with van der Waals surface area (Å²) in [6.07, 6.45) is 0. The van der Waals surface area contributed by atoms with E-state index in [4.69, 9.17) is 0 Å². The van der Waals surface area contributed by atoms with Gasteiger partial charge in [0.1, 0.15) is 0 Å². The molecule has 0 aliphatic heterocycles. The quantitative estimate of drug-likeness (QED) is 0.720. The Balaban J connectivity index is 2.06. The molecule has 3 nitrogen and oxygen atoms in total. The molecule has 0 saturated heterocycles. The first kappa shape index (κ1) is 16.2. The van der Waals surface area contributed by atoms with Crippen LogP contribution in [0.25, 0.3) is 10.9 Å². The van der Waals surface area contributed by atoms with Crippen molar-refractivity contribution < 1.29 is 4.79 Å². The van der Waals surface area contributed by atoms with E-state index in [0.717, 1.165) is 39.0 Å². The van der Waals surface area contributed by atoms with Gasteiger partial charge in [0, 0.05) is 16.6 Å².